The number of guanidine groups is 1. The summed E-state index contributed by atoms with van der Waals surface area (Å²) in [6.45, 7) is 0. The number of ether oxygens (including phenoxy) is 1. The largest absolute Gasteiger partial charge is 0.410 e. The molecule has 0 radical (unpaired) electrons. The van der Waals surface area contributed by atoms with E-state index in [1.165, 1.54) is 6.08 Å². The number of benzene rings is 1. The molecule has 0 heterocycles. The van der Waals surface area contributed by atoms with Gasteiger partial charge in [-0.1, -0.05) is 30.3 Å². The quantitative estimate of drug-likeness (QED) is 0.233. The predicted octanol–water partition coefficient (Wildman–Crippen LogP) is 0.669. The first-order chi connectivity index (χ1) is 8.18. The number of esters is 1. The van der Waals surface area contributed by atoms with Crippen LogP contribution in [0.5, 0.6) is 0 Å². The third-order valence-corrected chi connectivity index (χ3v) is 1.62. The van der Waals surface area contributed by atoms with Crippen molar-refractivity contribution in [3.8, 4) is 0 Å². The molecular weight excluding hydrogens is 220 g/mol. The molecule has 0 saturated carbocycles. The molecule has 0 atom stereocenters. The van der Waals surface area contributed by atoms with Gasteiger partial charge in [-0.3, -0.25) is 5.41 Å². The molecule has 0 amide bonds. The molecule has 1 aromatic rings. The van der Waals surface area contributed by atoms with Gasteiger partial charge in [-0.25, -0.2) is 10.2 Å². The van der Waals surface area contributed by atoms with Gasteiger partial charge in [0.05, 0.1) is 0 Å². The van der Waals surface area contributed by atoms with E-state index in [0.29, 0.717) is 0 Å². The summed E-state index contributed by atoms with van der Waals surface area (Å²) >= 11 is 0. The van der Waals surface area contributed by atoms with Crippen molar-refractivity contribution in [1.29, 1.82) is 5.41 Å². The molecule has 0 aliphatic heterocycles. The van der Waals surface area contributed by atoms with Gasteiger partial charge in [0.2, 0.25) is 12.4 Å². The molecule has 0 spiro atoms. The van der Waals surface area contributed by atoms with Gasteiger partial charge in [0.1, 0.15) is 0 Å². The van der Waals surface area contributed by atoms with E-state index >= 15 is 0 Å². The zero-order chi connectivity index (χ0) is 12.5. The lowest BCUT2D eigenvalue weighted by Gasteiger charge is -1.94. The van der Waals surface area contributed by atoms with E-state index in [1.54, 1.807) is 6.08 Å². The number of rotatable bonds is 4. The Morgan fingerprint density at radius 1 is 1.41 bits per heavy atom. The van der Waals surface area contributed by atoms with Crippen LogP contribution in [-0.2, 0) is 9.53 Å². The van der Waals surface area contributed by atoms with Crippen LogP contribution in [0.1, 0.15) is 5.56 Å². The number of nitrogens with zero attached hydrogens (tertiary/aromatic N) is 1. The van der Waals surface area contributed by atoms with Gasteiger partial charge in [0.25, 0.3) is 0 Å². The highest BCUT2D eigenvalue weighted by molar-refractivity contribution is 5.91. The third kappa shape index (κ3) is 5.73. The van der Waals surface area contributed by atoms with E-state index in [4.69, 9.17) is 11.1 Å². The van der Waals surface area contributed by atoms with E-state index in [2.05, 4.69) is 15.3 Å². The zero-order valence-corrected chi connectivity index (χ0v) is 8.96. The maximum atomic E-state index is 11.1. The molecule has 0 aromatic heterocycles. The highest BCUT2D eigenvalue weighted by Gasteiger charge is 1.93. The first-order valence-electron chi connectivity index (χ1n) is 4.74. The Morgan fingerprint density at radius 3 is 2.76 bits per heavy atom. The molecule has 17 heavy (non-hydrogen) atoms. The summed E-state index contributed by atoms with van der Waals surface area (Å²) in [4.78, 5) is 11.1. The lowest BCUT2D eigenvalue weighted by molar-refractivity contribution is -0.129. The van der Waals surface area contributed by atoms with Crippen molar-refractivity contribution in [2.75, 3.05) is 0 Å². The highest BCUT2D eigenvalue weighted by Crippen LogP contribution is 2.00. The van der Waals surface area contributed by atoms with E-state index in [1.807, 2.05) is 30.3 Å². The topological polar surface area (TPSA) is 101 Å². The van der Waals surface area contributed by atoms with Gasteiger partial charge in [-0.15, -0.1) is 5.10 Å². The molecule has 0 saturated heterocycles. The van der Waals surface area contributed by atoms with Crippen LogP contribution >= 0.6 is 0 Å². The molecule has 0 aliphatic rings. The van der Waals surface area contributed by atoms with Crippen LogP contribution in [-0.4, -0.2) is 18.3 Å². The molecule has 88 valence electrons. The predicted molar refractivity (Wildman–Crippen MR) is 65.1 cm³/mol. The van der Waals surface area contributed by atoms with Crippen molar-refractivity contribution >= 4 is 24.4 Å². The van der Waals surface area contributed by atoms with Gasteiger partial charge in [0.15, 0.2) is 0 Å². The lowest BCUT2D eigenvalue weighted by atomic mass is 10.2. The Labute approximate surface area is 98.3 Å². The Morgan fingerprint density at radius 2 is 2.12 bits per heavy atom. The van der Waals surface area contributed by atoms with Crippen LogP contribution in [0.4, 0.5) is 0 Å². The zero-order valence-electron chi connectivity index (χ0n) is 8.96. The fourth-order valence-corrected chi connectivity index (χ4v) is 0.942. The smallest absolute Gasteiger partial charge is 0.337 e. The van der Waals surface area contributed by atoms with Crippen LogP contribution in [0.3, 0.4) is 0 Å². The Hall–Kier alpha value is -2.63. The minimum absolute atomic E-state index is 0.336. The summed E-state index contributed by atoms with van der Waals surface area (Å²) < 4.78 is 4.58. The summed E-state index contributed by atoms with van der Waals surface area (Å²) in [5.74, 6) is -0.903. The minimum Gasteiger partial charge on any atom is -0.410 e. The number of carbonyl (C=O) groups excluding carboxylic acids is 1. The first-order valence-corrected chi connectivity index (χ1v) is 4.74. The van der Waals surface area contributed by atoms with Crippen molar-refractivity contribution < 1.29 is 9.53 Å². The first kappa shape index (κ1) is 12.4. The SMILES string of the molecule is N=C(N)NN=COC(=O)/C=C/c1ccccc1. The Balaban J connectivity index is 2.37. The van der Waals surface area contributed by atoms with Crippen molar-refractivity contribution in [3.63, 3.8) is 0 Å². The van der Waals surface area contributed by atoms with E-state index in [0.717, 1.165) is 12.0 Å². The summed E-state index contributed by atoms with van der Waals surface area (Å²) in [6.07, 6.45) is 3.77. The van der Waals surface area contributed by atoms with Crippen LogP contribution in [0.2, 0.25) is 0 Å². The summed E-state index contributed by atoms with van der Waals surface area (Å²) in [5, 5.41) is 10.1. The second-order valence-corrected chi connectivity index (χ2v) is 2.94. The van der Waals surface area contributed by atoms with Gasteiger partial charge in [-0.2, -0.15) is 0 Å². The van der Waals surface area contributed by atoms with Crippen LogP contribution < -0.4 is 11.2 Å². The van der Waals surface area contributed by atoms with Gasteiger partial charge < -0.3 is 10.5 Å². The summed E-state index contributed by atoms with van der Waals surface area (Å²) in [5.41, 5.74) is 7.94. The van der Waals surface area contributed by atoms with E-state index < -0.39 is 5.97 Å². The molecule has 1 aromatic carbocycles. The van der Waals surface area contributed by atoms with E-state index in [9.17, 15) is 4.79 Å². The maximum absolute atomic E-state index is 11.1. The second kappa shape index (κ2) is 6.78. The maximum Gasteiger partial charge on any atom is 0.337 e. The minimum atomic E-state index is -0.567. The molecule has 6 nitrogen and oxygen atoms in total. The standard InChI is InChI=1S/C11H12N4O2/c12-11(13)15-14-8-17-10(16)7-6-9-4-2-1-3-5-9/h1-8H,(H4,12,13,15)/b7-6+,14-8?. The number of hydrogen-bond acceptors (Lipinski definition) is 4. The van der Waals surface area contributed by atoms with Crippen molar-refractivity contribution in [2.45, 2.75) is 0 Å². The average molecular weight is 232 g/mol. The second-order valence-electron chi connectivity index (χ2n) is 2.94. The molecule has 4 N–H and O–H groups in total. The van der Waals surface area contributed by atoms with Crippen molar-refractivity contribution in [1.82, 2.24) is 5.43 Å². The van der Waals surface area contributed by atoms with Gasteiger partial charge in [0, 0.05) is 6.08 Å². The average Bonchev–Trinajstić information content (AvgIpc) is 2.33. The fraction of sp³-hybridized carbons (Fsp3) is 0. The monoisotopic (exact) mass is 232 g/mol. The molecule has 0 fully saturated rings. The van der Waals surface area contributed by atoms with Gasteiger partial charge >= 0.3 is 5.97 Å². The van der Waals surface area contributed by atoms with Crippen LogP contribution in [0.15, 0.2) is 41.5 Å². The van der Waals surface area contributed by atoms with E-state index in [-0.39, 0.29) is 5.96 Å². The fourth-order valence-electron chi connectivity index (χ4n) is 0.942. The number of hydrazone groups is 1. The summed E-state index contributed by atoms with van der Waals surface area (Å²) in [7, 11) is 0. The van der Waals surface area contributed by atoms with Crippen LogP contribution in [0, 0.1) is 5.41 Å². The number of hydrogen-bond donors (Lipinski definition) is 3. The molecule has 6 heteroatoms. The molecule has 1 rings (SSSR count). The molecule has 0 bridgehead atoms. The third-order valence-electron chi connectivity index (χ3n) is 1.62. The number of nitrogens with one attached hydrogen (secondary N) is 2. The van der Waals surface area contributed by atoms with Crippen molar-refractivity contribution in [3.05, 3.63) is 42.0 Å². The molecular formula is C11H12N4O2. The van der Waals surface area contributed by atoms with Crippen molar-refractivity contribution in [2.24, 2.45) is 10.8 Å². The number of carbonyl (C=O) groups is 1. The molecule has 0 unspecified atom stereocenters. The van der Waals surface area contributed by atoms with Gasteiger partial charge in [-0.05, 0) is 11.6 Å². The highest BCUT2D eigenvalue weighted by atomic mass is 16.5. The molecule has 0 aliphatic carbocycles. The summed E-state index contributed by atoms with van der Waals surface area (Å²) in [6, 6.07) is 9.33. The lowest BCUT2D eigenvalue weighted by Crippen LogP contribution is -2.25. The Bertz CT molecular complexity index is 440. The normalized spacial score (nSPS) is 10.6. The van der Waals surface area contributed by atoms with Crippen LogP contribution in [0.25, 0.3) is 6.08 Å². The Kier molecular flexibility index (Phi) is 4.96. The number of nitrogens with two attached hydrogens (primary N) is 1.